The zero-order valence-corrected chi connectivity index (χ0v) is 12.4. The standard InChI is InChI=1S/C15H26N2S/c1-12-6-2-3-7-13(12)10-16-14-17-15(11-18-14)8-4-5-9-15/h12-13H,2-11H2,1H3,(H,16,17). The van der Waals surface area contributed by atoms with Crippen LogP contribution in [0.1, 0.15) is 58.3 Å². The number of thioether (sulfide) groups is 1. The molecular formula is C15H26N2S. The highest BCUT2D eigenvalue weighted by Gasteiger charge is 2.39. The summed E-state index contributed by atoms with van der Waals surface area (Å²) in [5.41, 5.74) is 0.432. The fraction of sp³-hybridized carbons (Fsp3) is 0.933. The van der Waals surface area contributed by atoms with Crippen LogP contribution in [0.4, 0.5) is 0 Å². The van der Waals surface area contributed by atoms with Gasteiger partial charge in [0.25, 0.3) is 0 Å². The lowest BCUT2D eigenvalue weighted by Gasteiger charge is -2.27. The molecule has 18 heavy (non-hydrogen) atoms. The Kier molecular flexibility index (Phi) is 3.88. The van der Waals surface area contributed by atoms with Gasteiger partial charge in [0.2, 0.25) is 0 Å². The molecule has 0 bridgehead atoms. The van der Waals surface area contributed by atoms with Crippen LogP contribution < -0.4 is 5.32 Å². The van der Waals surface area contributed by atoms with Gasteiger partial charge in [-0.05, 0) is 31.1 Å². The van der Waals surface area contributed by atoms with Crippen molar-refractivity contribution in [1.29, 1.82) is 0 Å². The van der Waals surface area contributed by atoms with Crippen molar-refractivity contribution < 1.29 is 0 Å². The number of nitrogens with zero attached hydrogens (tertiary/aromatic N) is 1. The van der Waals surface area contributed by atoms with Gasteiger partial charge < -0.3 is 5.32 Å². The van der Waals surface area contributed by atoms with Gasteiger partial charge in [-0.15, -0.1) is 0 Å². The summed E-state index contributed by atoms with van der Waals surface area (Å²) in [5, 5.41) is 4.98. The van der Waals surface area contributed by atoms with Crippen LogP contribution >= 0.6 is 11.8 Å². The average Bonchev–Trinajstić information content (AvgIpc) is 3.00. The van der Waals surface area contributed by atoms with Gasteiger partial charge in [-0.3, -0.25) is 4.99 Å². The Bertz CT molecular complexity index is 320. The van der Waals surface area contributed by atoms with Crippen molar-refractivity contribution in [2.24, 2.45) is 16.8 Å². The summed E-state index contributed by atoms with van der Waals surface area (Å²) in [4.78, 5) is 4.88. The Morgan fingerprint density at radius 2 is 2.00 bits per heavy atom. The number of hydrogen-bond donors (Lipinski definition) is 1. The van der Waals surface area contributed by atoms with Crippen LogP contribution in [0.25, 0.3) is 0 Å². The van der Waals surface area contributed by atoms with Crippen molar-refractivity contribution in [1.82, 2.24) is 5.32 Å². The van der Waals surface area contributed by atoms with E-state index in [-0.39, 0.29) is 0 Å². The summed E-state index contributed by atoms with van der Waals surface area (Å²) in [7, 11) is 0. The Hall–Kier alpha value is -0.180. The Balaban J connectivity index is 1.54. The molecule has 0 aromatic rings. The molecule has 102 valence electrons. The molecule has 2 aliphatic carbocycles. The second-order valence-corrected chi connectivity index (χ2v) is 7.53. The van der Waals surface area contributed by atoms with E-state index in [0.717, 1.165) is 18.4 Å². The minimum Gasteiger partial charge on any atom is -0.359 e. The molecule has 1 spiro atoms. The monoisotopic (exact) mass is 266 g/mol. The normalized spacial score (nSPS) is 37.3. The smallest absolute Gasteiger partial charge is 0.157 e. The second-order valence-electron chi connectivity index (χ2n) is 6.57. The topological polar surface area (TPSA) is 24.4 Å². The summed E-state index contributed by atoms with van der Waals surface area (Å²) >= 11 is 1.97. The number of rotatable bonds is 2. The SMILES string of the molecule is CC1CCCCC1CN=C1NC2(CCCC2)CS1. The molecule has 0 amide bonds. The molecule has 1 saturated heterocycles. The lowest BCUT2D eigenvalue weighted by molar-refractivity contribution is 0.263. The highest BCUT2D eigenvalue weighted by molar-refractivity contribution is 8.14. The molecule has 0 radical (unpaired) electrons. The summed E-state index contributed by atoms with van der Waals surface area (Å²) in [6.45, 7) is 3.48. The van der Waals surface area contributed by atoms with Crippen molar-refractivity contribution in [3.8, 4) is 0 Å². The van der Waals surface area contributed by atoms with Gasteiger partial charge in [0.1, 0.15) is 0 Å². The molecule has 2 unspecified atom stereocenters. The highest BCUT2D eigenvalue weighted by Crippen LogP contribution is 2.37. The maximum atomic E-state index is 4.88. The van der Waals surface area contributed by atoms with Gasteiger partial charge in [-0.2, -0.15) is 0 Å². The number of aliphatic imine (C=N–C) groups is 1. The van der Waals surface area contributed by atoms with Crippen molar-refractivity contribution in [3.05, 3.63) is 0 Å². The first-order chi connectivity index (χ1) is 8.77. The lowest BCUT2D eigenvalue weighted by Crippen LogP contribution is -2.40. The molecular weight excluding hydrogens is 240 g/mol. The maximum Gasteiger partial charge on any atom is 0.157 e. The Labute approximate surface area is 115 Å². The highest BCUT2D eigenvalue weighted by atomic mass is 32.2. The zero-order valence-electron chi connectivity index (χ0n) is 11.6. The van der Waals surface area contributed by atoms with Gasteiger partial charge in [0, 0.05) is 17.8 Å². The fourth-order valence-corrected chi connectivity index (χ4v) is 5.00. The van der Waals surface area contributed by atoms with E-state index in [2.05, 4.69) is 12.2 Å². The number of hydrogen-bond acceptors (Lipinski definition) is 2. The molecule has 2 saturated carbocycles. The number of amidine groups is 1. The quantitative estimate of drug-likeness (QED) is 0.821. The van der Waals surface area contributed by atoms with E-state index in [1.165, 1.54) is 62.3 Å². The average molecular weight is 266 g/mol. The molecule has 3 aliphatic rings. The van der Waals surface area contributed by atoms with E-state index in [4.69, 9.17) is 4.99 Å². The van der Waals surface area contributed by atoms with E-state index in [1.807, 2.05) is 11.8 Å². The second kappa shape index (κ2) is 5.44. The van der Waals surface area contributed by atoms with Crippen molar-refractivity contribution in [3.63, 3.8) is 0 Å². The Morgan fingerprint density at radius 3 is 2.78 bits per heavy atom. The summed E-state index contributed by atoms with van der Waals surface area (Å²) in [6.07, 6.45) is 11.2. The molecule has 1 heterocycles. The van der Waals surface area contributed by atoms with Crippen molar-refractivity contribution in [2.75, 3.05) is 12.3 Å². The molecule has 0 aromatic heterocycles. The molecule has 1 aliphatic heterocycles. The van der Waals surface area contributed by atoms with Gasteiger partial charge in [-0.25, -0.2) is 0 Å². The van der Waals surface area contributed by atoms with Crippen LogP contribution in [-0.2, 0) is 0 Å². The molecule has 3 rings (SSSR count). The first kappa shape index (κ1) is 12.8. The van der Waals surface area contributed by atoms with Crippen molar-refractivity contribution >= 4 is 16.9 Å². The van der Waals surface area contributed by atoms with Crippen LogP contribution in [0.15, 0.2) is 4.99 Å². The maximum absolute atomic E-state index is 4.88. The third-order valence-electron chi connectivity index (χ3n) is 5.18. The lowest BCUT2D eigenvalue weighted by atomic mass is 9.80. The third kappa shape index (κ3) is 2.71. The van der Waals surface area contributed by atoms with E-state index in [9.17, 15) is 0 Å². The zero-order chi connectivity index (χ0) is 12.4. The molecule has 3 fully saturated rings. The largest absolute Gasteiger partial charge is 0.359 e. The third-order valence-corrected chi connectivity index (χ3v) is 6.38. The summed E-state index contributed by atoms with van der Waals surface area (Å²) in [6, 6.07) is 0. The molecule has 2 nitrogen and oxygen atoms in total. The van der Waals surface area contributed by atoms with Gasteiger partial charge in [0.05, 0.1) is 0 Å². The van der Waals surface area contributed by atoms with Gasteiger partial charge >= 0.3 is 0 Å². The molecule has 2 atom stereocenters. The van der Waals surface area contributed by atoms with Crippen LogP contribution in [0, 0.1) is 11.8 Å². The minimum absolute atomic E-state index is 0.432. The molecule has 0 aromatic carbocycles. The summed E-state index contributed by atoms with van der Waals surface area (Å²) < 4.78 is 0. The predicted molar refractivity (Wildman–Crippen MR) is 80.2 cm³/mol. The Morgan fingerprint density at radius 1 is 1.22 bits per heavy atom. The van der Waals surface area contributed by atoms with E-state index in [1.54, 1.807) is 0 Å². The number of nitrogens with one attached hydrogen (secondary N) is 1. The van der Waals surface area contributed by atoms with Crippen LogP contribution in [0.2, 0.25) is 0 Å². The van der Waals surface area contributed by atoms with Crippen molar-refractivity contribution in [2.45, 2.75) is 63.8 Å². The van der Waals surface area contributed by atoms with Crippen LogP contribution in [-0.4, -0.2) is 23.0 Å². The van der Waals surface area contributed by atoms with E-state index < -0.39 is 0 Å². The first-order valence-electron chi connectivity index (χ1n) is 7.73. The first-order valence-corrected chi connectivity index (χ1v) is 8.71. The predicted octanol–water partition coefficient (Wildman–Crippen LogP) is 3.82. The summed E-state index contributed by atoms with van der Waals surface area (Å²) in [5.74, 6) is 2.98. The van der Waals surface area contributed by atoms with E-state index in [0.29, 0.717) is 5.54 Å². The van der Waals surface area contributed by atoms with Crippen LogP contribution in [0.3, 0.4) is 0 Å². The van der Waals surface area contributed by atoms with Gasteiger partial charge in [0.15, 0.2) is 5.17 Å². The molecule has 1 N–H and O–H groups in total. The van der Waals surface area contributed by atoms with E-state index >= 15 is 0 Å². The molecule has 3 heteroatoms. The van der Waals surface area contributed by atoms with Crippen LogP contribution in [0.5, 0.6) is 0 Å². The fourth-order valence-electron chi connectivity index (χ4n) is 3.78. The van der Waals surface area contributed by atoms with Gasteiger partial charge in [-0.1, -0.05) is 50.8 Å². The minimum atomic E-state index is 0.432.